The first kappa shape index (κ1) is 18.5. The smallest absolute Gasteiger partial charge is 0.311 e. The minimum atomic E-state index is -0.435. The molecule has 1 aromatic carbocycles. The first-order valence-electron chi connectivity index (χ1n) is 8.85. The SMILES string of the molecule is COc1cc(OC)c([N+](=O)[O-])cc1[C@H]1[C@@H](c2ccccn2)N=C2S[C@@H](C)CN21. The molecule has 4 rings (SSSR count). The molecule has 2 aliphatic heterocycles. The molecule has 146 valence electrons. The van der Waals surface area contributed by atoms with Crippen molar-refractivity contribution in [3.8, 4) is 11.5 Å². The summed E-state index contributed by atoms with van der Waals surface area (Å²) in [6, 6.07) is 8.34. The van der Waals surface area contributed by atoms with Crippen LogP contribution in [0.4, 0.5) is 5.69 Å². The summed E-state index contributed by atoms with van der Waals surface area (Å²) in [5, 5.41) is 12.9. The summed E-state index contributed by atoms with van der Waals surface area (Å²) < 4.78 is 10.8. The minimum Gasteiger partial charge on any atom is -0.496 e. The Balaban J connectivity index is 1.87. The number of fused-ring (bicyclic) bond motifs is 1. The van der Waals surface area contributed by atoms with Crippen molar-refractivity contribution in [2.45, 2.75) is 24.3 Å². The molecule has 0 unspecified atom stereocenters. The highest BCUT2D eigenvalue weighted by molar-refractivity contribution is 8.14. The van der Waals surface area contributed by atoms with Gasteiger partial charge in [-0.15, -0.1) is 0 Å². The average molecular weight is 400 g/mol. The van der Waals surface area contributed by atoms with Crippen LogP contribution in [-0.4, -0.2) is 46.0 Å². The van der Waals surface area contributed by atoms with E-state index in [1.165, 1.54) is 7.11 Å². The fraction of sp³-hybridized carbons (Fsp3) is 0.368. The van der Waals surface area contributed by atoms with Gasteiger partial charge in [0.15, 0.2) is 5.17 Å². The van der Waals surface area contributed by atoms with Crippen molar-refractivity contribution < 1.29 is 14.4 Å². The van der Waals surface area contributed by atoms with Gasteiger partial charge in [-0.05, 0) is 12.1 Å². The summed E-state index contributed by atoms with van der Waals surface area (Å²) >= 11 is 1.71. The molecule has 0 bridgehead atoms. The van der Waals surface area contributed by atoms with Crippen LogP contribution in [0, 0.1) is 10.1 Å². The Morgan fingerprint density at radius 1 is 1.25 bits per heavy atom. The second-order valence-corrected chi connectivity index (χ2v) is 8.07. The van der Waals surface area contributed by atoms with Gasteiger partial charge in [-0.1, -0.05) is 24.8 Å². The third-order valence-corrected chi connectivity index (χ3v) is 6.03. The Morgan fingerprint density at radius 2 is 2.04 bits per heavy atom. The highest BCUT2D eigenvalue weighted by Gasteiger charge is 2.45. The molecule has 9 heteroatoms. The molecule has 3 atom stereocenters. The average Bonchev–Trinajstić information content (AvgIpc) is 3.23. The number of rotatable bonds is 5. The second kappa shape index (κ2) is 7.31. The van der Waals surface area contributed by atoms with Crippen LogP contribution < -0.4 is 9.47 Å². The summed E-state index contributed by atoms with van der Waals surface area (Å²) in [5.41, 5.74) is 1.44. The zero-order chi connectivity index (χ0) is 19.8. The highest BCUT2D eigenvalue weighted by Crippen LogP contribution is 2.51. The number of ether oxygens (including phenoxy) is 2. The number of aliphatic imine (C=N–C) groups is 1. The Morgan fingerprint density at radius 3 is 2.68 bits per heavy atom. The number of benzene rings is 1. The quantitative estimate of drug-likeness (QED) is 0.559. The van der Waals surface area contributed by atoms with Gasteiger partial charge in [0.05, 0.1) is 30.9 Å². The van der Waals surface area contributed by atoms with Crippen LogP contribution in [0.5, 0.6) is 11.5 Å². The van der Waals surface area contributed by atoms with Gasteiger partial charge in [-0.2, -0.15) is 0 Å². The molecular formula is C19H20N4O4S. The normalized spacial score (nSPS) is 23.3. The Hall–Kier alpha value is -2.81. The van der Waals surface area contributed by atoms with Crippen LogP contribution in [0.2, 0.25) is 0 Å². The topological polar surface area (TPSA) is 90.1 Å². The van der Waals surface area contributed by atoms with Gasteiger partial charge >= 0.3 is 5.69 Å². The van der Waals surface area contributed by atoms with Crippen LogP contribution in [0.1, 0.15) is 30.3 Å². The molecular weight excluding hydrogens is 380 g/mol. The lowest BCUT2D eigenvalue weighted by Crippen LogP contribution is -2.29. The number of nitro groups is 1. The molecule has 0 radical (unpaired) electrons. The molecule has 0 saturated carbocycles. The number of methoxy groups -OCH3 is 2. The number of thioether (sulfide) groups is 1. The van der Waals surface area contributed by atoms with Gasteiger partial charge in [0.2, 0.25) is 5.75 Å². The standard InChI is InChI=1S/C19H20N4O4S/c1-11-10-22-18(17(21-19(22)28-11)13-6-4-5-7-20-13)12-8-14(23(24)25)16(27-3)9-15(12)26-2/h4-9,11,17-18H,10H2,1-3H3/t11-,17+,18-/m0/s1. The number of nitro benzene ring substituents is 1. The molecule has 0 aliphatic carbocycles. The number of pyridine rings is 1. The maximum Gasteiger partial charge on any atom is 0.311 e. The zero-order valence-electron chi connectivity index (χ0n) is 15.7. The first-order valence-corrected chi connectivity index (χ1v) is 9.73. The van der Waals surface area contributed by atoms with Crippen LogP contribution in [-0.2, 0) is 0 Å². The summed E-state index contributed by atoms with van der Waals surface area (Å²) in [6.07, 6.45) is 1.74. The molecule has 28 heavy (non-hydrogen) atoms. The van der Waals surface area contributed by atoms with Crippen molar-refractivity contribution in [1.29, 1.82) is 0 Å². The summed E-state index contributed by atoms with van der Waals surface area (Å²) in [6.45, 7) is 2.95. The van der Waals surface area contributed by atoms with Crippen molar-refractivity contribution in [3.63, 3.8) is 0 Å². The van der Waals surface area contributed by atoms with Crippen molar-refractivity contribution in [1.82, 2.24) is 9.88 Å². The maximum absolute atomic E-state index is 11.6. The summed E-state index contributed by atoms with van der Waals surface area (Å²) in [7, 11) is 2.96. The molecule has 1 fully saturated rings. The van der Waals surface area contributed by atoms with Crippen LogP contribution >= 0.6 is 11.8 Å². The van der Waals surface area contributed by atoms with E-state index in [2.05, 4.69) is 16.8 Å². The Kier molecular flexibility index (Phi) is 4.84. The maximum atomic E-state index is 11.6. The lowest BCUT2D eigenvalue weighted by molar-refractivity contribution is -0.385. The van der Waals surface area contributed by atoms with E-state index in [4.69, 9.17) is 14.5 Å². The fourth-order valence-corrected chi connectivity index (χ4v) is 4.83. The van der Waals surface area contributed by atoms with Crippen molar-refractivity contribution in [2.24, 2.45) is 4.99 Å². The Labute approximate surface area is 166 Å². The van der Waals surface area contributed by atoms with E-state index in [1.54, 1.807) is 37.2 Å². The van der Waals surface area contributed by atoms with E-state index < -0.39 is 4.92 Å². The summed E-state index contributed by atoms with van der Waals surface area (Å²) in [4.78, 5) is 22.8. The van der Waals surface area contributed by atoms with E-state index in [0.29, 0.717) is 16.6 Å². The minimum absolute atomic E-state index is 0.0913. The van der Waals surface area contributed by atoms with Crippen LogP contribution in [0.25, 0.3) is 0 Å². The molecule has 1 aromatic heterocycles. The predicted octanol–water partition coefficient (Wildman–Crippen LogP) is 3.60. The number of amidine groups is 1. The van der Waals surface area contributed by atoms with Crippen molar-refractivity contribution >= 4 is 22.6 Å². The molecule has 2 aromatic rings. The van der Waals surface area contributed by atoms with Gasteiger partial charge in [-0.3, -0.25) is 20.1 Å². The number of hydrogen-bond donors (Lipinski definition) is 0. The van der Waals surface area contributed by atoms with E-state index >= 15 is 0 Å². The van der Waals surface area contributed by atoms with E-state index in [1.807, 2.05) is 18.2 Å². The number of nitrogens with zero attached hydrogens (tertiary/aromatic N) is 4. The van der Waals surface area contributed by atoms with Crippen LogP contribution in [0.15, 0.2) is 41.5 Å². The molecule has 3 heterocycles. The van der Waals surface area contributed by atoms with Gasteiger partial charge < -0.3 is 14.4 Å². The van der Waals surface area contributed by atoms with Crippen molar-refractivity contribution in [3.05, 3.63) is 57.9 Å². The van der Waals surface area contributed by atoms with E-state index in [9.17, 15) is 10.1 Å². The summed E-state index contributed by atoms with van der Waals surface area (Å²) in [5.74, 6) is 0.706. The molecule has 2 aliphatic rings. The first-order chi connectivity index (χ1) is 13.5. The van der Waals surface area contributed by atoms with Gasteiger partial charge in [0.25, 0.3) is 0 Å². The molecule has 0 N–H and O–H groups in total. The number of hydrogen-bond acceptors (Lipinski definition) is 8. The largest absolute Gasteiger partial charge is 0.496 e. The third-order valence-electron chi connectivity index (χ3n) is 4.93. The van der Waals surface area contributed by atoms with Gasteiger partial charge in [0, 0.05) is 35.7 Å². The fourth-order valence-electron chi connectivity index (χ4n) is 3.73. The second-order valence-electron chi connectivity index (χ2n) is 6.66. The third kappa shape index (κ3) is 3.05. The molecule has 0 spiro atoms. The van der Waals surface area contributed by atoms with Crippen molar-refractivity contribution in [2.75, 3.05) is 20.8 Å². The zero-order valence-corrected chi connectivity index (χ0v) is 16.5. The lowest BCUT2D eigenvalue weighted by Gasteiger charge is -2.28. The van der Waals surface area contributed by atoms with E-state index in [-0.39, 0.29) is 23.5 Å². The molecule has 0 amide bonds. The highest BCUT2D eigenvalue weighted by atomic mass is 32.2. The predicted molar refractivity (Wildman–Crippen MR) is 107 cm³/mol. The molecule has 1 saturated heterocycles. The lowest BCUT2D eigenvalue weighted by atomic mass is 9.94. The van der Waals surface area contributed by atoms with Gasteiger partial charge in [0.1, 0.15) is 11.8 Å². The van der Waals surface area contributed by atoms with Gasteiger partial charge in [-0.25, -0.2) is 0 Å². The number of aromatic nitrogens is 1. The molecule has 8 nitrogen and oxygen atoms in total. The monoisotopic (exact) mass is 400 g/mol. The van der Waals surface area contributed by atoms with Crippen LogP contribution in [0.3, 0.4) is 0 Å². The van der Waals surface area contributed by atoms with E-state index in [0.717, 1.165) is 17.4 Å². The Bertz CT molecular complexity index is 937.